The molecule has 3 heterocycles. The Labute approximate surface area is 224 Å². The third-order valence-corrected chi connectivity index (χ3v) is 8.07. The molecule has 39 heavy (non-hydrogen) atoms. The van der Waals surface area contributed by atoms with Gasteiger partial charge in [0, 0.05) is 42.0 Å². The molecular weight excluding hydrogens is 528 g/mol. The summed E-state index contributed by atoms with van der Waals surface area (Å²) in [6.07, 6.45) is 4.81. The molecule has 0 atom stereocenters. The topological polar surface area (TPSA) is 107 Å². The second-order valence-electron chi connectivity index (χ2n) is 9.41. The van der Waals surface area contributed by atoms with Crippen molar-refractivity contribution in [2.24, 2.45) is 0 Å². The first-order chi connectivity index (χ1) is 18.6. The van der Waals surface area contributed by atoms with Gasteiger partial charge < -0.3 is 14.4 Å². The number of hydrogen-bond donors (Lipinski definition) is 1. The second kappa shape index (κ2) is 10.7. The number of halogens is 2. The molecular formula is C27H27F2N5O4S. The Balaban J connectivity index is 1.55. The van der Waals surface area contributed by atoms with E-state index in [0.29, 0.717) is 28.5 Å². The van der Waals surface area contributed by atoms with Crippen LogP contribution in [0.15, 0.2) is 53.8 Å². The minimum absolute atomic E-state index is 0.0161. The Bertz CT molecular complexity index is 1640. The molecule has 0 bridgehead atoms. The molecule has 1 N–H and O–H groups in total. The first-order valence-electron chi connectivity index (χ1n) is 12.3. The van der Waals surface area contributed by atoms with E-state index in [9.17, 15) is 17.2 Å². The van der Waals surface area contributed by atoms with Crippen molar-refractivity contribution in [2.75, 3.05) is 32.0 Å². The minimum Gasteiger partial charge on any atom is -0.488 e. The molecule has 4 aromatic rings. The summed E-state index contributed by atoms with van der Waals surface area (Å²) in [6.45, 7) is 3.73. The van der Waals surface area contributed by atoms with Gasteiger partial charge in [-0.15, -0.1) is 0 Å². The molecule has 12 heteroatoms. The first-order valence-corrected chi connectivity index (χ1v) is 13.8. The molecule has 5 rings (SSSR count). The summed E-state index contributed by atoms with van der Waals surface area (Å²) in [5.74, 6) is -1.53. The summed E-state index contributed by atoms with van der Waals surface area (Å²) in [6, 6.07) is 7.49. The molecule has 2 aromatic heterocycles. The van der Waals surface area contributed by atoms with Crippen molar-refractivity contribution in [2.45, 2.75) is 30.8 Å². The quantitative estimate of drug-likeness (QED) is 0.354. The van der Waals surface area contributed by atoms with E-state index in [1.165, 1.54) is 25.7 Å². The fourth-order valence-electron chi connectivity index (χ4n) is 4.54. The van der Waals surface area contributed by atoms with Crippen LogP contribution in [0, 0.1) is 18.6 Å². The number of pyridine rings is 1. The maximum absolute atomic E-state index is 14.3. The van der Waals surface area contributed by atoms with Crippen molar-refractivity contribution in [3.8, 4) is 22.8 Å². The number of piperidine rings is 1. The van der Waals surface area contributed by atoms with Gasteiger partial charge in [0.2, 0.25) is 5.88 Å². The maximum Gasteiger partial charge on any atom is 0.264 e. The van der Waals surface area contributed by atoms with E-state index in [1.807, 2.05) is 19.1 Å². The molecule has 0 saturated carbocycles. The molecule has 1 saturated heterocycles. The average Bonchev–Trinajstić information content (AvgIpc) is 2.90. The predicted octanol–water partition coefficient (Wildman–Crippen LogP) is 4.56. The number of benzene rings is 2. The van der Waals surface area contributed by atoms with Crippen LogP contribution in [0.2, 0.25) is 0 Å². The van der Waals surface area contributed by atoms with E-state index in [1.54, 1.807) is 0 Å². The molecule has 0 unspecified atom stereocenters. The summed E-state index contributed by atoms with van der Waals surface area (Å²) < 4.78 is 67.6. The van der Waals surface area contributed by atoms with Crippen LogP contribution in [0.25, 0.3) is 22.0 Å². The summed E-state index contributed by atoms with van der Waals surface area (Å²) in [5, 5.41) is 0.782. The summed E-state index contributed by atoms with van der Waals surface area (Å²) in [4.78, 5) is 14.6. The molecule has 0 aliphatic carbocycles. The van der Waals surface area contributed by atoms with Gasteiger partial charge in [-0.3, -0.25) is 4.72 Å². The Morgan fingerprint density at radius 3 is 2.51 bits per heavy atom. The van der Waals surface area contributed by atoms with E-state index in [2.05, 4.69) is 31.6 Å². The van der Waals surface area contributed by atoms with Crippen LogP contribution in [0.4, 0.5) is 14.5 Å². The predicted molar refractivity (Wildman–Crippen MR) is 142 cm³/mol. The molecule has 204 valence electrons. The fraction of sp³-hybridized carbons (Fsp3) is 0.296. The van der Waals surface area contributed by atoms with Crippen LogP contribution in [-0.2, 0) is 10.0 Å². The molecule has 1 aliphatic rings. The number of rotatable bonds is 7. The highest BCUT2D eigenvalue weighted by Gasteiger charge is 2.24. The number of likely N-dealkylation sites (tertiary alicyclic amines) is 1. The van der Waals surface area contributed by atoms with Crippen molar-refractivity contribution in [3.05, 3.63) is 66.3 Å². The third kappa shape index (κ3) is 5.62. The lowest BCUT2D eigenvalue weighted by Gasteiger charge is -2.29. The maximum atomic E-state index is 14.3. The lowest BCUT2D eigenvalue weighted by molar-refractivity contribution is 0.115. The monoisotopic (exact) mass is 555 g/mol. The number of fused-ring (bicyclic) bond motifs is 1. The number of anilines is 1. The smallest absolute Gasteiger partial charge is 0.264 e. The van der Waals surface area contributed by atoms with Gasteiger partial charge in [-0.2, -0.15) is 0 Å². The van der Waals surface area contributed by atoms with Crippen LogP contribution >= 0.6 is 0 Å². The first kappa shape index (κ1) is 26.7. The number of methoxy groups -OCH3 is 1. The summed E-state index contributed by atoms with van der Waals surface area (Å²) in [7, 11) is -1.01. The van der Waals surface area contributed by atoms with Crippen molar-refractivity contribution >= 4 is 26.6 Å². The molecule has 1 aliphatic heterocycles. The lowest BCUT2D eigenvalue weighted by Crippen LogP contribution is -2.35. The minimum atomic E-state index is -4.43. The van der Waals surface area contributed by atoms with Crippen molar-refractivity contribution in [3.63, 3.8) is 0 Å². The molecule has 2 aromatic carbocycles. The number of sulfonamides is 1. The van der Waals surface area contributed by atoms with E-state index in [4.69, 9.17) is 9.47 Å². The standard InChI is InChI=1S/C27H27F2N5O4S/c1-16-21-10-17(12-24(26(21)32-15-31-16)38-20-6-8-34(2)9-7-20)18-11-23(27(37-3)30-14-18)33-39(35,36)25-5-4-19(28)13-22(25)29/h4-5,10-15,20,33H,6-9H2,1-3H3. The van der Waals surface area contributed by atoms with Crippen LogP contribution in [0.1, 0.15) is 18.5 Å². The van der Waals surface area contributed by atoms with Crippen LogP contribution < -0.4 is 14.2 Å². The SMILES string of the molecule is COc1ncc(-c2cc(OC3CCN(C)CC3)c3ncnc(C)c3c2)cc1NS(=O)(=O)c1ccc(F)cc1F. The number of aryl methyl sites for hydroxylation is 1. The van der Waals surface area contributed by atoms with Crippen LogP contribution in [0.3, 0.4) is 0 Å². The van der Waals surface area contributed by atoms with E-state index >= 15 is 0 Å². The third-order valence-electron chi connectivity index (χ3n) is 6.67. The Hall–Kier alpha value is -3.90. The Kier molecular flexibility index (Phi) is 7.32. The molecule has 0 spiro atoms. The zero-order chi connectivity index (χ0) is 27.7. The molecule has 1 fully saturated rings. The zero-order valence-electron chi connectivity index (χ0n) is 21.6. The van der Waals surface area contributed by atoms with Gasteiger partial charge in [0.25, 0.3) is 10.0 Å². The van der Waals surface area contributed by atoms with E-state index < -0.39 is 26.6 Å². The average molecular weight is 556 g/mol. The number of ether oxygens (including phenoxy) is 2. The number of nitrogens with zero attached hydrogens (tertiary/aromatic N) is 4. The molecule has 9 nitrogen and oxygen atoms in total. The summed E-state index contributed by atoms with van der Waals surface area (Å²) in [5.41, 5.74) is 2.65. The van der Waals surface area contributed by atoms with Gasteiger partial charge in [0.15, 0.2) is 0 Å². The van der Waals surface area contributed by atoms with Gasteiger partial charge in [0.05, 0.1) is 7.11 Å². The van der Waals surface area contributed by atoms with E-state index in [0.717, 1.165) is 49.1 Å². The van der Waals surface area contributed by atoms with Crippen molar-refractivity contribution < 1.29 is 26.7 Å². The van der Waals surface area contributed by atoms with Gasteiger partial charge in [-0.05, 0) is 62.7 Å². The Morgan fingerprint density at radius 1 is 1.03 bits per heavy atom. The normalized spacial score (nSPS) is 14.9. The summed E-state index contributed by atoms with van der Waals surface area (Å²) >= 11 is 0. The molecule has 0 radical (unpaired) electrons. The van der Waals surface area contributed by atoms with E-state index in [-0.39, 0.29) is 17.7 Å². The number of hydrogen-bond acceptors (Lipinski definition) is 8. The lowest BCUT2D eigenvalue weighted by atomic mass is 10.0. The van der Waals surface area contributed by atoms with Gasteiger partial charge in [0.1, 0.15) is 45.9 Å². The van der Waals surface area contributed by atoms with Crippen LogP contribution in [-0.4, -0.2) is 61.6 Å². The molecule has 0 amide bonds. The highest BCUT2D eigenvalue weighted by atomic mass is 32.2. The number of aromatic nitrogens is 3. The highest BCUT2D eigenvalue weighted by Crippen LogP contribution is 2.36. The zero-order valence-corrected chi connectivity index (χ0v) is 22.4. The van der Waals surface area contributed by atoms with Gasteiger partial charge >= 0.3 is 0 Å². The largest absolute Gasteiger partial charge is 0.488 e. The highest BCUT2D eigenvalue weighted by molar-refractivity contribution is 7.92. The Morgan fingerprint density at radius 2 is 1.79 bits per heavy atom. The van der Waals surface area contributed by atoms with Crippen molar-refractivity contribution in [1.29, 1.82) is 0 Å². The van der Waals surface area contributed by atoms with Crippen LogP contribution in [0.5, 0.6) is 11.6 Å². The van der Waals surface area contributed by atoms with Gasteiger partial charge in [-0.25, -0.2) is 32.2 Å². The second-order valence-corrected chi connectivity index (χ2v) is 11.1. The van der Waals surface area contributed by atoms with Gasteiger partial charge in [-0.1, -0.05) is 0 Å². The number of nitrogens with one attached hydrogen (secondary N) is 1. The van der Waals surface area contributed by atoms with Crippen molar-refractivity contribution in [1.82, 2.24) is 19.9 Å². The fourth-order valence-corrected chi connectivity index (χ4v) is 5.65.